The van der Waals surface area contributed by atoms with Gasteiger partial charge in [0.05, 0.1) is 28.2 Å². The highest BCUT2D eigenvalue weighted by molar-refractivity contribution is 7.47. The monoisotopic (exact) mass is 336 g/mol. The molecule has 5 heteroatoms. The van der Waals surface area contributed by atoms with Crippen LogP contribution in [-0.2, 0) is 0 Å². The Hall–Kier alpha value is -0.460. The summed E-state index contributed by atoms with van der Waals surface area (Å²) >= 11 is 9.85. The van der Waals surface area contributed by atoms with Crippen LogP contribution >= 0.6 is 56.7 Å². The van der Waals surface area contributed by atoms with Crippen LogP contribution in [0.5, 0.6) is 0 Å². The van der Waals surface area contributed by atoms with Gasteiger partial charge in [-0.15, -0.1) is 56.7 Å². The van der Waals surface area contributed by atoms with Crippen molar-refractivity contribution >= 4 is 94.3 Å². The van der Waals surface area contributed by atoms with Crippen molar-refractivity contribution < 1.29 is 0 Å². The summed E-state index contributed by atoms with van der Waals surface area (Å²) in [6, 6.07) is 4.67. The number of thiophene rings is 5. The first-order chi connectivity index (χ1) is 9.20. The Morgan fingerprint density at radius 2 is 0.947 bits per heavy atom. The highest BCUT2D eigenvalue weighted by Crippen LogP contribution is 2.52. The fourth-order valence-electron chi connectivity index (χ4n) is 2.56. The predicted octanol–water partition coefficient (Wildman–Crippen LogP) is 7.22. The van der Waals surface area contributed by atoms with Crippen LogP contribution in [0.3, 0.4) is 0 Å². The van der Waals surface area contributed by atoms with E-state index in [-0.39, 0.29) is 0 Å². The van der Waals surface area contributed by atoms with Gasteiger partial charge in [0.2, 0.25) is 0 Å². The maximum atomic E-state index is 2.34. The quantitative estimate of drug-likeness (QED) is 0.280. The molecule has 0 amide bonds. The summed E-state index contributed by atoms with van der Waals surface area (Å²) in [6.45, 7) is 4.42. The lowest BCUT2D eigenvalue weighted by Crippen LogP contribution is -1.48. The first-order valence-corrected chi connectivity index (χ1v) is 10.0. The molecule has 5 heterocycles. The minimum Gasteiger partial charge on any atom is -0.138 e. The van der Waals surface area contributed by atoms with E-state index in [1.807, 2.05) is 56.7 Å². The highest BCUT2D eigenvalue weighted by atomic mass is 32.1. The summed E-state index contributed by atoms with van der Waals surface area (Å²) in [7, 11) is 0. The normalized spacial score (nSPS) is 12.7. The van der Waals surface area contributed by atoms with E-state index in [4.69, 9.17) is 0 Å². The van der Waals surface area contributed by atoms with E-state index in [2.05, 4.69) is 26.0 Å². The molecule has 0 saturated heterocycles. The smallest absolute Gasteiger partial charge is 0.0651 e. The van der Waals surface area contributed by atoms with Crippen LogP contribution in [0.25, 0.3) is 37.6 Å². The Morgan fingerprint density at radius 1 is 0.526 bits per heavy atom. The Morgan fingerprint density at radius 3 is 1.42 bits per heavy atom. The lowest BCUT2D eigenvalue weighted by molar-refractivity contribution is 1.66. The van der Waals surface area contributed by atoms with Gasteiger partial charge in [0.1, 0.15) is 0 Å². The molecular weight excluding hydrogens is 328 g/mol. The van der Waals surface area contributed by atoms with Crippen LogP contribution < -0.4 is 0 Å². The van der Waals surface area contributed by atoms with Gasteiger partial charge in [-0.05, 0) is 26.0 Å². The molecule has 19 heavy (non-hydrogen) atoms. The Kier molecular flexibility index (Phi) is 2.12. The van der Waals surface area contributed by atoms with E-state index in [9.17, 15) is 0 Å². The van der Waals surface area contributed by atoms with Crippen LogP contribution in [0.2, 0.25) is 0 Å². The second-order valence-electron chi connectivity index (χ2n) is 4.72. The van der Waals surface area contributed by atoms with Crippen molar-refractivity contribution in [1.82, 2.24) is 0 Å². The molecule has 0 aliphatic rings. The molecule has 5 aromatic heterocycles. The molecule has 0 fully saturated rings. The molecule has 94 valence electrons. The van der Waals surface area contributed by atoms with Gasteiger partial charge >= 0.3 is 0 Å². The van der Waals surface area contributed by atoms with Gasteiger partial charge in [-0.2, -0.15) is 0 Å². The molecule has 5 rings (SSSR count). The summed E-state index contributed by atoms with van der Waals surface area (Å²) in [5, 5.41) is 0. The van der Waals surface area contributed by atoms with Crippen molar-refractivity contribution in [2.24, 2.45) is 0 Å². The van der Waals surface area contributed by atoms with Gasteiger partial charge in [0.15, 0.2) is 0 Å². The lowest BCUT2D eigenvalue weighted by Gasteiger charge is -1.78. The molecule has 0 saturated carbocycles. The molecule has 5 aromatic rings. The fourth-order valence-corrected chi connectivity index (χ4v) is 9.63. The van der Waals surface area contributed by atoms with Crippen molar-refractivity contribution in [2.45, 2.75) is 13.8 Å². The Bertz CT molecular complexity index is 990. The zero-order valence-corrected chi connectivity index (χ0v) is 14.3. The third kappa shape index (κ3) is 1.37. The zero-order valence-electron chi connectivity index (χ0n) is 10.2. The molecule has 0 bridgehead atoms. The second-order valence-corrected chi connectivity index (χ2v) is 10.4. The van der Waals surface area contributed by atoms with Crippen molar-refractivity contribution in [3.05, 3.63) is 21.9 Å². The van der Waals surface area contributed by atoms with Crippen LogP contribution in [0.1, 0.15) is 9.75 Å². The minimum absolute atomic E-state index is 1.43. The number of hydrogen-bond donors (Lipinski definition) is 0. The zero-order chi connectivity index (χ0) is 12.7. The predicted molar refractivity (Wildman–Crippen MR) is 95.3 cm³/mol. The SMILES string of the molecule is Cc1cc2sc3c(sc4c5sc(C)cc5sc43)c2s1. The minimum atomic E-state index is 1.43. The maximum Gasteiger partial charge on any atom is 0.0651 e. The summed E-state index contributed by atoms with van der Waals surface area (Å²) in [5.74, 6) is 0. The van der Waals surface area contributed by atoms with Crippen LogP contribution in [0.15, 0.2) is 12.1 Å². The largest absolute Gasteiger partial charge is 0.138 e. The molecule has 0 aromatic carbocycles. The molecule has 0 nitrogen and oxygen atoms in total. The molecule has 0 spiro atoms. The van der Waals surface area contributed by atoms with Gasteiger partial charge in [-0.3, -0.25) is 0 Å². The number of hydrogen-bond acceptors (Lipinski definition) is 5. The fraction of sp³-hybridized carbons (Fsp3) is 0.143. The first-order valence-electron chi connectivity index (χ1n) is 5.95. The molecule has 0 N–H and O–H groups in total. The van der Waals surface area contributed by atoms with Gasteiger partial charge in [-0.25, -0.2) is 0 Å². The molecule has 0 aliphatic heterocycles. The first kappa shape index (κ1) is 11.2. The lowest BCUT2D eigenvalue weighted by atomic mass is 10.4. The molecule has 0 aliphatic carbocycles. The third-order valence-electron chi connectivity index (χ3n) is 3.30. The van der Waals surface area contributed by atoms with Crippen LogP contribution in [-0.4, -0.2) is 0 Å². The van der Waals surface area contributed by atoms with Crippen molar-refractivity contribution in [3.8, 4) is 0 Å². The van der Waals surface area contributed by atoms with Gasteiger partial charge < -0.3 is 0 Å². The van der Waals surface area contributed by atoms with Crippen LogP contribution in [0, 0.1) is 13.8 Å². The summed E-state index contributed by atoms with van der Waals surface area (Å²) < 4.78 is 12.0. The number of rotatable bonds is 0. The number of aryl methyl sites for hydroxylation is 2. The van der Waals surface area contributed by atoms with E-state index < -0.39 is 0 Å². The topological polar surface area (TPSA) is 0 Å². The number of fused-ring (bicyclic) bond motifs is 7. The molecule has 0 radical (unpaired) electrons. The third-order valence-corrected chi connectivity index (χ3v) is 9.88. The highest BCUT2D eigenvalue weighted by Gasteiger charge is 2.18. The van der Waals surface area contributed by atoms with Gasteiger partial charge in [0.25, 0.3) is 0 Å². The second kappa shape index (κ2) is 3.59. The Balaban J connectivity index is 2.04. The average Bonchev–Trinajstić information content (AvgIpc) is 3.04. The maximum absolute atomic E-state index is 2.34. The van der Waals surface area contributed by atoms with E-state index >= 15 is 0 Å². The summed E-state index contributed by atoms with van der Waals surface area (Å²) in [6.07, 6.45) is 0. The molecule has 0 atom stereocenters. The van der Waals surface area contributed by atoms with Crippen LogP contribution in [0.4, 0.5) is 0 Å². The summed E-state index contributed by atoms with van der Waals surface area (Å²) in [4.78, 5) is 2.86. The standard InChI is InChI=1S/C14H8S5/c1-5-3-7-9(15-5)11-13(17-7)14-12(19-11)10-8(18-14)4-6(2)16-10/h3-4H,1-2H3. The Labute approximate surface area is 129 Å². The van der Waals surface area contributed by atoms with E-state index in [0.717, 1.165) is 0 Å². The molecule has 0 unspecified atom stereocenters. The van der Waals surface area contributed by atoms with Crippen molar-refractivity contribution in [3.63, 3.8) is 0 Å². The summed E-state index contributed by atoms with van der Waals surface area (Å²) in [5.41, 5.74) is 0. The van der Waals surface area contributed by atoms with Crippen molar-refractivity contribution in [1.29, 1.82) is 0 Å². The molecular formula is C14H8S5. The van der Waals surface area contributed by atoms with E-state index in [1.54, 1.807) is 0 Å². The van der Waals surface area contributed by atoms with E-state index in [1.165, 1.54) is 47.4 Å². The van der Waals surface area contributed by atoms with E-state index in [0.29, 0.717) is 0 Å². The van der Waals surface area contributed by atoms with Gasteiger partial charge in [0, 0.05) is 19.2 Å². The average molecular weight is 337 g/mol. The van der Waals surface area contributed by atoms with Crippen molar-refractivity contribution in [2.75, 3.05) is 0 Å². The van der Waals surface area contributed by atoms with Gasteiger partial charge in [-0.1, -0.05) is 0 Å².